The molecule has 0 radical (unpaired) electrons. The molecule has 0 spiro atoms. The van der Waals surface area contributed by atoms with Gasteiger partial charge in [-0.25, -0.2) is 0 Å². The Bertz CT molecular complexity index is 428. The minimum atomic E-state index is -0.170. The van der Waals surface area contributed by atoms with Crippen molar-refractivity contribution in [2.24, 2.45) is 11.7 Å². The molecule has 15 heavy (non-hydrogen) atoms. The van der Waals surface area contributed by atoms with Gasteiger partial charge >= 0.3 is 0 Å². The summed E-state index contributed by atoms with van der Waals surface area (Å²) in [6.45, 7) is 0.764. The third-order valence-electron chi connectivity index (χ3n) is 3.33. The molecule has 0 saturated heterocycles. The van der Waals surface area contributed by atoms with Gasteiger partial charge in [-0.3, -0.25) is 4.79 Å². The van der Waals surface area contributed by atoms with Crippen LogP contribution in [0.4, 0.5) is 0 Å². The summed E-state index contributed by atoms with van der Waals surface area (Å²) >= 11 is 0. The van der Waals surface area contributed by atoms with Crippen LogP contribution >= 0.6 is 0 Å². The highest BCUT2D eigenvalue weighted by atomic mass is 16.5. The predicted molar refractivity (Wildman–Crippen MR) is 55.7 cm³/mol. The quantitative estimate of drug-likeness (QED) is 0.785. The Morgan fingerprint density at radius 1 is 1.47 bits per heavy atom. The highest BCUT2D eigenvalue weighted by Gasteiger charge is 2.44. The van der Waals surface area contributed by atoms with E-state index in [9.17, 15) is 4.79 Å². The smallest absolute Gasteiger partial charge is 0.221 e. The second-order valence-electron chi connectivity index (χ2n) is 4.27. The first kappa shape index (κ1) is 8.77. The summed E-state index contributed by atoms with van der Waals surface area (Å²) in [6.07, 6.45) is 1.87. The van der Waals surface area contributed by atoms with Crippen molar-refractivity contribution >= 4 is 5.91 Å². The molecule has 0 bridgehead atoms. The highest BCUT2D eigenvalue weighted by Crippen LogP contribution is 2.50. The molecule has 3 rings (SSSR count). The van der Waals surface area contributed by atoms with Crippen molar-refractivity contribution in [2.45, 2.75) is 18.8 Å². The number of benzene rings is 1. The van der Waals surface area contributed by atoms with Crippen LogP contribution in [0.15, 0.2) is 18.2 Å². The molecule has 1 aliphatic carbocycles. The Hall–Kier alpha value is -1.51. The molecule has 2 aliphatic rings. The summed E-state index contributed by atoms with van der Waals surface area (Å²) in [5, 5.41) is 0. The van der Waals surface area contributed by atoms with E-state index in [1.54, 1.807) is 0 Å². The molecule has 2 unspecified atom stereocenters. The van der Waals surface area contributed by atoms with Gasteiger partial charge in [0.15, 0.2) is 0 Å². The van der Waals surface area contributed by atoms with Crippen LogP contribution in [-0.4, -0.2) is 12.5 Å². The summed E-state index contributed by atoms with van der Waals surface area (Å²) in [7, 11) is 0. The fraction of sp³-hybridized carbons (Fsp3) is 0.417. The van der Waals surface area contributed by atoms with Gasteiger partial charge in [0.1, 0.15) is 5.75 Å². The zero-order chi connectivity index (χ0) is 10.4. The van der Waals surface area contributed by atoms with Gasteiger partial charge in [-0.1, -0.05) is 12.1 Å². The number of nitrogens with two attached hydrogens (primary N) is 1. The molecule has 0 aromatic heterocycles. The van der Waals surface area contributed by atoms with E-state index in [0.29, 0.717) is 5.92 Å². The SMILES string of the molecule is NC(=O)C1CC1c1cccc2c1CCO2. The summed E-state index contributed by atoms with van der Waals surface area (Å²) < 4.78 is 5.50. The van der Waals surface area contributed by atoms with Gasteiger partial charge in [0.2, 0.25) is 5.91 Å². The maximum atomic E-state index is 11.0. The van der Waals surface area contributed by atoms with Crippen molar-refractivity contribution in [3.05, 3.63) is 29.3 Å². The Balaban J connectivity index is 1.94. The zero-order valence-electron chi connectivity index (χ0n) is 8.40. The van der Waals surface area contributed by atoms with Crippen LogP contribution in [0.25, 0.3) is 0 Å². The van der Waals surface area contributed by atoms with Gasteiger partial charge < -0.3 is 10.5 Å². The maximum absolute atomic E-state index is 11.0. The van der Waals surface area contributed by atoms with Crippen molar-refractivity contribution in [2.75, 3.05) is 6.61 Å². The first-order valence-corrected chi connectivity index (χ1v) is 5.31. The number of hydrogen-bond donors (Lipinski definition) is 1. The van der Waals surface area contributed by atoms with Gasteiger partial charge in [-0.15, -0.1) is 0 Å². The maximum Gasteiger partial charge on any atom is 0.221 e. The van der Waals surface area contributed by atoms with Gasteiger partial charge in [0, 0.05) is 17.9 Å². The number of rotatable bonds is 2. The van der Waals surface area contributed by atoms with E-state index in [1.165, 1.54) is 11.1 Å². The Kier molecular flexibility index (Phi) is 1.75. The second-order valence-corrected chi connectivity index (χ2v) is 4.27. The monoisotopic (exact) mass is 203 g/mol. The first-order chi connectivity index (χ1) is 7.27. The van der Waals surface area contributed by atoms with Crippen LogP contribution in [-0.2, 0) is 11.2 Å². The predicted octanol–water partition coefficient (Wildman–Crippen LogP) is 1.21. The van der Waals surface area contributed by atoms with Gasteiger partial charge in [0.25, 0.3) is 0 Å². The van der Waals surface area contributed by atoms with Gasteiger partial charge in [-0.2, -0.15) is 0 Å². The highest BCUT2D eigenvalue weighted by molar-refractivity contribution is 5.81. The van der Waals surface area contributed by atoms with Gasteiger partial charge in [0.05, 0.1) is 6.61 Å². The number of fused-ring (bicyclic) bond motifs is 1. The standard InChI is InChI=1S/C12H13NO2/c13-12(14)10-6-9(10)7-2-1-3-11-8(7)4-5-15-11/h1-3,9-10H,4-6H2,(H2,13,14). The lowest BCUT2D eigenvalue weighted by Gasteiger charge is -2.05. The van der Waals surface area contributed by atoms with E-state index >= 15 is 0 Å². The number of primary amides is 1. The average Bonchev–Trinajstić information content (AvgIpc) is 2.87. The van der Waals surface area contributed by atoms with Crippen LogP contribution in [0.2, 0.25) is 0 Å². The largest absolute Gasteiger partial charge is 0.493 e. The van der Waals surface area contributed by atoms with Crippen LogP contribution in [0, 0.1) is 5.92 Å². The van der Waals surface area contributed by atoms with Crippen LogP contribution in [0.5, 0.6) is 5.75 Å². The molecule has 1 saturated carbocycles. The van der Waals surface area contributed by atoms with E-state index in [-0.39, 0.29) is 11.8 Å². The molecular weight excluding hydrogens is 190 g/mol. The van der Waals surface area contributed by atoms with Crippen molar-refractivity contribution < 1.29 is 9.53 Å². The Morgan fingerprint density at radius 2 is 2.33 bits per heavy atom. The molecule has 3 heteroatoms. The fourth-order valence-corrected chi connectivity index (χ4v) is 2.45. The van der Waals surface area contributed by atoms with Crippen molar-refractivity contribution in [3.63, 3.8) is 0 Å². The molecular formula is C12H13NO2. The second kappa shape index (κ2) is 2.99. The van der Waals surface area contributed by atoms with E-state index < -0.39 is 0 Å². The Labute approximate surface area is 88.2 Å². The lowest BCUT2D eigenvalue weighted by atomic mass is 10.00. The third-order valence-corrected chi connectivity index (χ3v) is 3.33. The molecule has 1 aromatic carbocycles. The third kappa shape index (κ3) is 1.30. The molecule has 1 fully saturated rings. The van der Waals surface area contributed by atoms with Crippen molar-refractivity contribution in [3.8, 4) is 5.75 Å². The number of carbonyl (C=O) groups is 1. The molecule has 2 atom stereocenters. The number of ether oxygens (including phenoxy) is 1. The van der Waals surface area contributed by atoms with E-state index in [0.717, 1.165) is 25.2 Å². The Morgan fingerprint density at radius 3 is 3.07 bits per heavy atom. The van der Waals surface area contributed by atoms with E-state index in [2.05, 4.69) is 6.07 Å². The zero-order valence-corrected chi connectivity index (χ0v) is 8.40. The normalized spacial score (nSPS) is 26.9. The van der Waals surface area contributed by atoms with Crippen LogP contribution < -0.4 is 10.5 Å². The average molecular weight is 203 g/mol. The lowest BCUT2D eigenvalue weighted by molar-refractivity contribution is -0.119. The van der Waals surface area contributed by atoms with Crippen molar-refractivity contribution in [1.29, 1.82) is 0 Å². The molecule has 1 aromatic rings. The summed E-state index contributed by atoms with van der Waals surface area (Å²) in [5.74, 6) is 1.22. The van der Waals surface area contributed by atoms with Crippen molar-refractivity contribution in [1.82, 2.24) is 0 Å². The molecule has 78 valence electrons. The lowest BCUT2D eigenvalue weighted by Crippen LogP contribution is -2.13. The summed E-state index contributed by atoms with van der Waals surface area (Å²) in [6, 6.07) is 6.09. The van der Waals surface area contributed by atoms with E-state index in [4.69, 9.17) is 10.5 Å². The number of carbonyl (C=O) groups excluding carboxylic acids is 1. The molecule has 3 nitrogen and oxygen atoms in total. The molecule has 1 aliphatic heterocycles. The van der Waals surface area contributed by atoms with Crippen LogP contribution in [0.1, 0.15) is 23.5 Å². The topological polar surface area (TPSA) is 52.3 Å². The minimum Gasteiger partial charge on any atom is -0.493 e. The summed E-state index contributed by atoms with van der Waals surface area (Å²) in [4.78, 5) is 11.0. The summed E-state index contributed by atoms with van der Waals surface area (Å²) in [5.41, 5.74) is 7.86. The molecule has 1 amide bonds. The first-order valence-electron chi connectivity index (χ1n) is 5.31. The number of amides is 1. The van der Waals surface area contributed by atoms with E-state index in [1.807, 2.05) is 12.1 Å². The fourth-order valence-electron chi connectivity index (χ4n) is 2.45. The minimum absolute atomic E-state index is 0.0529. The van der Waals surface area contributed by atoms with Gasteiger partial charge in [-0.05, 0) is 24.0 Å². The van der Waals surface area contributed by atoms with Crippen LogP contribution in [0.3, 0.4) is 0 Å². The molecule has 1 heterocycles. The molecule has 2 N–H and O–H groups in total. The number of hydrogen-bond acceptors (Lipinski definition) is 2.